The van der Waals surface area contributed by atoms with Gasteiger partial charge in [-0.15, -0.1) is 0 Å². The summed E-state index contributed by atoms with van der Waals surface area (Å²) in [5.74, 6) is -1.24. The van der Waals surface area contributed by atoms with Crippen LogP contribution in [0.5, 0.6) is 0 Å². The molecule has 2 aliphatic carbocycles. The third-order valence-electron chi connectivity index (χ3n) is 7.48. The van der Waals surface area contributed by atoms with Gasteiger partial charge in [-0.25, -0.2) is 4.39 Å². The topological polar surface area (TPSA) is 110 Å². The van der Waals surface area contributed by atoms with Crippen molar-refractivity contribution in [2.75, 3.05) is 0 Å². The molecule has 0 bridgehead atoms. The zero-order valence-corrected chi connectivity index (χ0v) is 19.0. The van der Waals surface area contributed by atoms with Crippen LogP contribution in [0, 0.1) is 17.2 Å². The van der Waals surface area contributed by atoms with Gasteiger partial charge in [-0.3, -0.25) is 19.1 Å². The van der Waals surface area contributed by atoms with Crippen LogP contribution in [0.3, 0.4) is 0 Å². The standard InChI is InChI=1S/C24H30FN5O3/c1-24(2)7-3-4-15(11-24)27-23(33)19-9-13-8-17(13)30(19)20(31)12-29-18-10-14(25)5-6-16(18)21(28-29)22(26)32/h5-6,10,13,15,17,19H,3-4,7-9,11-12H2,1-2H3,(H2,26,32)(H,27,33)/t13-,15?,17-,19+/m1/s1. The lowest BCUT2D eigenvalue weighted by atomic mass is 9.75. The van der Waals surface area contributed by atoms with E-state index in [2.05, 4.69) is 24.3 Å². The summed E-state index contributed by atoms with van der Waals surface area (Å²) in [4.78, 5) is 40.0. The Bertz CT molecular complexity index is 1140. The van der Waals surface area contributed by atoms with Crippen LogP contribution in [0.25, 0.3) is 10.9 Å². The summed E-state index contributed by atoms with van der Waals surface area (Å²) in [5, 5.41) is 7.78. The van der Waals surface area contributed by atoms with Gasteiger partial charge in [0, 0.05) is 17.5 Å². The molecule has 1 aromatic heterocycles. The molecule has 8 nitrogen and oxygen atoms in total. The van der Waals surface area contributed by atoms with Crippen molar-refractivity contribution in [2.24, 2.45) is 17.1 Å². The van der Waals surface area contributed by atoms with Crippen LogP contribution in [0.4, 0.5) is 4.39 Å². The summed E-state index contributed by atoms with van der Waals surface area (Å²) in [5.41, 5.74) is 5.96. The van der Waals surface area contributed by atoms with Crippen LogP contribution in [-0.4, -0.2) is 50.5 Å². The van der Waals surface area contributed by atoms with Crippen LogP contribution >= 0.6 is 0 Å². The first-order valence-electron chi connectivity index (χ1n) is 11.7. The van der Waals surface area contributed by atoms with Crippen LogP contribution in [-0.2, 0) is 16.1 Å². The van der Waals surface area contributed by atoms with Gasteiger partial charge in [0.2, 0.25) is 11.8 Å². The molecule has 0 radical (unpaired) electrons. The molecule has 3 N–H and O–H groups in total. The van der Waals surface area contributed by atoms with Crippen LogP contribution in [0.2, 0.25) is 0 Å². The number of nitrogens with zero attached hydrogens (tertiary/aromatic N) is 3. The maximum atomic E-state index is 13.9. The van der Waals surface area contributed by atoms with E-state index in [1.54, 1.807) is 4.90 Å². The van der Waals surface area contributed by atoms with Crippen LogP contribution in [0.1, 0.15) is 62.9 Å². The Labute approximate surface area is 191 Å². The summed E-state index contributed by atoms with van der Waals surface area (Å²) in [6.45, 7) is 4.27. The van der Waals surface area contributed by atoms with Gasteiger partial charge in [0.15, 0.2) is 5.69 Å². The third-order valence-corrected chi connectivity index (χ3v) is 7.48. The molecule has 0 spiro atoms. The van der Waals surface area contributed by atoms with E-state index in [1.165, 1.54) is 22.9 Å². The van der Waals surface area contributed by atoms with E-state index in [9.17, 15) is 18.8 Å². The molecule has 3 fully saturated rings. The van der Waals surface area contributed by atoms with E-state index >= 15 is 0 Å². The highest BCUT2D eigenvalue weighted by molar-refractivity contribution is 6.04. The molecule has 1 aromatic carbocycles. The van der Waals surface area contributed by atoms with Crippen LogP contribution in [0.15, 0.2) is 18.2 Å². The third kappa shape index (κ3) is 4.09. The lowest BCUT2D eigenvalue weighted by molar-refractivity contribution is -0.140. The molecule has 3 aliphatic rings. The molecule has 2 aromatic rings. The molecule has 176 valence electrons. The minimum absolute atomic E-state index is 0.00211. The number of amides is 3. The highest BCUT2D eigenvalue weighted by Gasteiger charge is 2.56. The number of aromatic nitrogens is 2. The lowest BCUT2D eigenvalue weighted by Gasteiger charge is -2.36. The number of hydrogen-bond acceptors (Lipinski definition) is 4. The second-order valence-corrected chi connectivity index (χ2v) is 10.6. The fourth-order valence-corrected chi connectivity index (χ4v) is 5.83. The largest absolute Gasteiger partial charge is 0.364 e. The van der Waals surface area contributed by atoms with Gasteiger partial charge in [0.05, 0.1) is 5.52 Å². The summed E-state index contributed by atoms with van der Waals surface area (Å²) < 4.78 is 15.2. The Hall–Kier alpha value is -2.97. The second kappa shape index (κ2) is 7.81. The minimum atomic E-state index is -0.742. The molecule has 4 atom stereocenters. The molecule has 33 heavy (non-hydrogen) atoms. The first-order valence-corrected chi connectivity index (χ1v) is 11.7. The van der Waals surface area contributed by atoms with E-state index < -0.39 is 17.8 Å². The number of benzene rings is 1. The van der Waals surface area contributed by atoms with Gasteiger partial charge in [0.25, 0.3) is 5.91 Å². The van der Waals surface area contributed by atoms with E-state index in [-0.39, 0.29) is 41.6 Å². The van der Waals surface area contributed by atoms with Crippen molar-refractivity contribution in [3.05, 3.63) is 29.7 Å². The SMILES string of the molecule is CC1(C)CCCC(NC(=O)[C@@H]2C[C@H]3C[C@H]3N2C(=O)Cn2nc(C(N)=O)c3ccc(F)cc32)C1. The Balaban J connectivity index is 1.34. The van der Waals surface area contributed by atoms with Crippen molar-refractivity contribution in [2.45, 2.75) is 77.0 Å². The fourth-order valence-electron chi connectivity index (χ4n) is 5.83. The molecule has 3 amide bonds. The predicted molar refractivity (Wildman–Crippen MR) is 120 cm³/mol. The van der Waals surface area contributed by atoms with Gasteiger partial charge in [-0.05, 0) is 61.6 Å². The number of hydrogen-bond donors (Lipinski definition) is 2. The molecule has 1 aliphatic heterocycles. The summed E-state index contributed by atoms with van der Waals surface area (Å²) in [6.07, 6.45) is 5.70. The van der Waals surface area contributed by atoms with Crippen molar-refractivity contribution >= 4 is 28.6 Å². The molecule has 9 heteroatoms. The zero-order chi connectivity index (χ0) is 23.5. The number of likely N-dealkylation sites (tertiary alicyclic amines) is 1. The number of fused-ring (bicyclic) bond motifs is 2. The van der Waals surface area contributed by atoms with E-state index in [4.69, 9.17) is 5.73 Å². The zero-order valence-electron chi connectivity index (χ0n) is 19.0. The second-order valence-electron chi connectivity index (χ2n) is 10.6. The van der Waals surface area contributed by atoms with E-state index in [0.717, 1.165) is 32.1 Å². The smallest absolute Gasteiger partial charge is 0.269 e. The Morgan fingerprint density at radius 2 is 2.06 bits per heavy atom. The number of primary amides is 1. The molecular formula is C24H30FN5O3. The van der Waals surface area contributed by atoms with E-state index in [1.807, 2.05) is 0 Å². The number of carbonyl (C=O) groups excluding carboxylic acids is 3. The first kappa shape index (κ1) is 21.9. The first-order chi connectivity index (χ1) is 15.6. The number of halogens is 1. The fraction of sp³-hybridized carbons (Fsp3) is 0.583. The Kier molecular flexibility index (Phi) is 5.17. The highest BCUT2D eigenvalue weighted by Crippen LogP contribution is 2.48. The van der Waals surface area contributed by atoms with E-state index in [0.29, 0.717) is 23.2 Å². The average molecular weight is 456 g/mol. The average Bonchev–Trinajstić information content (AvgIpc) is 3.24. The van der Waals surface area contributed by atoms with Crippen molar-refractivity contribution in [3.8, 4) is 0 Å². The quantitative estimate of drug-likeness (QED) is 0.721. The molecular weight excluding hydrogens is 425 g/mol. The Morgan fingerprint density at radius 1 is 1.27 bits per heavy atom. The van der Waals surface area contributed by atoms with Crippen molar-refractivity contribution < 1.29 is 18.8 Å². The number of rotatable bonds is 5. The maximum Gasteiger partial charge on any atom is 0.269 e. The number of carbonyl (C=O) groups is 3. The summed E-state index contributed by atoms with van der Waals surface area (Å²) in [7, 11) is 0. The molecule has 2 saturated carbocycles. The highest BCUT2D eigenvalue weighted by atomic mass is 19.1. The number of piperidine rings is 1. The number of nitrogens with two attached hydrogens (primary N) is 1. The molecule has 1 saturated heterocycles. The minimum Gasteiger partial charge on any atom is -0.364 e. The van der Waals surface area contributed by atoms with Gasteiger partial charge in [-0.1, -0.05) is 20.3 Å². The van der Waals surface area contributed by atoms with Gasteiger partial charge >= 0.3 is 0 Å². The molecule has 5 rings (SSSR count). The normalized spacial score (nSPS) is 27.9. The maximum absolute atomic E-state index is 13.9. The van der Waals surface area contributed by atoms with Crippen LogP contribution < -0.4 is 11.1 Å². The van der Waals surface area contributed by atoms with Gasteiger partial charge in [-0.2, -0.15) is 5.10 Å². The van der Waals surface area contributed by atoms with Crippen molar-refractivity contribution in [3.63, 3.8) is 0 Å². The van der Waals surface area contributed by atoms with Crippen molar-refractivity contribution in [1.29, 1.82) is 0 Å². The monoisotopic (exact) mass is 455 g/mol. The van der Waals surface area contributed by atoms with Crippen molar-refractivity contribution in [1.82, 2.24) is 20.0 Å². The Morgan fingerprint density at radius 3 is 2.79 bits per heavy atom. The summed E-state index contributed by atoms with van der Waals surface area (Å²) >= 11 is 0. The molecule has 1 unspecified atom stereocenters. The number of nitrogens with one attached hydrogen (secondary N) is 1. The van der Waals surface area contributed by atoms with Gasteiger partial charge in [0.1, 0.15) is 18.4 Å². The predicted octanol–water partition coefficient (Wildman–Crippen LogP) is 2.35. The van der Waals surface area contributed by atoms with Gasteiger partial charge < -0.3 is 16.0 Å². The lowest BCUT2D eigenvalue weighted by Crippen LogP contribution is -2.52. The summed E-state index contributed by atoms with van der Waals surface area (Å²) in [6, 6.07) is 3.59. The molecule has 2 heterocycles.